The van der Waals surface area contributed by atoms with Crippen molar-refractivity contribution >= 4 is 5.91 Å². The highest BCUT2D eigenvalue weighted by Crippen LogP contribution is 2.28. The van der Waals surface area contributed by atoms with Crippen molar-refractivity contribution in [1.82, 2.24) is 15.4 Å². The van der Waals surface area contributed by atoms with Gasteiger partial charge in [-0.2, -0.15) is 0 Å². The molecule has 1 aliphatic carbocycles. The van der Waals surface area contributed by atoms with Crippen molar-refractivity contribution < 1.29 is 13.7 Å². The quantitative estimate of drug-likeness (QED) is 0.659. The Balaban J connectivity index is 1.27. The first-order valence-corrected chi connectivity index (χ1v) is 10.9. The van der Waals surface area contributed by atoms with Crippen molar-refractivity contribution in [2.45, 2.75) is 44.6 Å². The normalized spacial score (nSPS) is 17.6. The predicted molar refractivity (Wildman–Crippen MR) is 113 cm³/mol. The van der Waals surface area contributed by atoms with E-state index in [2.05, 4.69) is 33.6 Å². The van der Waals surface area contributed by atoms with E-state index < -0.39 is 0 Å². The maximum absolute atomic E-state index is 12.7. The molecule has 1 fully saturated rings. The van der Waals surface area contributed by atoms with Gasteiger partial charge in [0.05, 0.1) is 12.3 Å². The second-order valence-electron chi connectivity index (χ2n) is 8.25. The van der Waals surface area contributed by atoms with Gasteiger partial charge in [0.1, 0.15) is 5.76 Å². The van der Waals surface area contributed by atoms with E-state index in [0.29, 0.717) is 18.0 Å². The molecule has 0 bridgehead atoms. The summed E-state index contributed by atoms with van der Waals surface area (Å²) >= 11 is 0. The van der Waals surface area contributed by atoms with Crippen LogP contribution in [0.15, 0.2) is 51.6 Å². The summed E-state index contributed by atoms with van der Waals surface area (Å²) in [7, 11) is 0. The number of aromatic nitrogens is 1. The number of likely N-dealkylation sites (tertiary alicyclic amines) is 1. The maximum atomic E-state index is 12.7. The van der Waals surface area contributed by atoms with E-state index in [4.69, 9.17) is 8.94 Å². The lowest BCUT2D eigenvalue weighted by molar-refractivity contribution is 0.0925. The fourth-order valence-corrected chi connectivity index (χ4v) is 4.63. The van der Waals surface area contributed by atoms with Crippen LogP contribution in [0.4, 0.5) is 0 Å². The lowest BCUT2D eigenvalue weighted by Gasteiger charge is -2.25. The van der Waals surface area contributed by atoms with E-state index in [1.165, 1.54) is 36.8 Å². The van der Waals surface area contributed by atoms with Gasteiger partial charge >= 0.3 is 0 Å². The van der Waals surface area contributed by atoms with E-state index in [-0.39, 0.29) is 11.9 Å². The summed E-state index contributed by atoms with van der Waals surface area (Å²) in [6.45, 7) is 2.52. The lowest BCUT2D eigenvalue weighted by Crippen LogP contribution is -2.36. The molecule has 2 aromatic heterocycles. The number of hydrogen-bond acceptors (Lipinski definition) is 5. The van der Waals surface area contributed by atoms with Crippen LogP contribution in [0.2, 0.25) is 0 Å². The van der Waals surface area contributed by atoms with Crippen molar-refractivity contribution in [2.75, 3.05) is 19.6 Å². The average Bonchev–Trinajstić information content (AvgIpc) is 3.56. The van der Waals surface area contributed by atoms with Crippen molar-refractivity contribution in [3.05, 3.63) is 65.2 Å². The zero-order valence-electron chi connectivity index (χ0n) is 17.1. The molecular weight excluding hydrogens is 378 g/mol. The minimum absolute atomic E-state index is 0.0402. The van der Waals surface area contributed by atoms with Gasteiger partial charge in [-0.15, -0.1) is 0 Å². The van der Waals surface area contributed by atoms with Gasteiger partial charge in [-0.3, -0.25) is 9.69 Å². The van der Waals surface area contributed by atoms with Crippen LogP contribution in [0, 0.1) is 0 Å². The van der Waals surface area contributed by atoms with Crippen LogP contribution in [0.3, 0.4) is 0 Å². The lowest BCUT2D eigenvalue weighted by atomic mass is 9.90. The Bertz CT molecular complexity index is 1000. The Morgan fingerprint density at radius 3 is 2.70 bits per heavy atom. The van der Waals surface area contributed by atoms with Crippen LogP contribution in [-0.4, -0.2) is 35.6 Å². The summed E-state index contributed by atoms with van der Waals surface area (Å²) in [5.74, 6) is 1.29. The number of hydrogen-bond donors (Lipinski definition) is 1. The van der Waals surface area contributed by atoms with Crippen LogP contribution in [0.1, 0.15) is 59.1 Å². The zero-order valence-corrected chi connectivity index (χ0v) is 17.1. The number of carbonyl (C=O) groups is 1. The highest BCUT2D eigenvalue weighted by atomic mass is 16.5. The Hall–Kier alpha value is -2.86. The molecule has 0 saturated carbocycles. The van der Waals surface area contributed by atoms with E-state index in [1.807, 2.05) is 12.1 Å². The first-order chi connectivity index (χ1) is 14.8. The zero-order chi connectivity index (χ0) is 20.3. The van der Waals surface area contributed by atoms with Crippen molar-refractivity contribution in [3.63, 3.8) is 0 Å². The van der Waals surface area contributed by atoms with Gasteiger partial charge in [-0.1, -0.05) is 17.3 Å². The fourth-order valence-electron chi connectivity index (χ4n) is 4.63. The molecule has 5 rings (SSSR count). The average molecular weight is 405 g/mol. The van der Waals surface area contributed by atoms with Gasteiger partial charge in [-0.05, 0) is 80.9 Å². The molecule has 1 amide bonds. The minimum atomic E-state index is -0.223. The smallest absolute Gasteiger partial charge is 0.273 e. The maximum Gasteiger partial charge on any atom is 0.273 e. The minimum Gasteiger partial charge on any atom is -0.468 e. The summed E-state index contributed by atoms with van der Waals surface area (Å²) in [6, 6.07) is 12.1. The van der Waals surface area contributed by atoms with Gasteiger partial charge in [0, 0.05) is 18.2 Å². The van der Waals surface area contributed by atoms with Gasteiger partial charge in [0.25, 0.3) is 5.91 Å². The molecule has 0 spiro atoms. The Labute approximate surface area is 176 Å². The SMILES string of the molecule is O=C(NCC(c1ccco1)N1CCCC1)c1cc(-c2ccc3c(c2)CCCC3)on1. The van der Waals surface area contributed by atoms with Crippen molar-refractivity contribution in [1.29, 1.82) is 0 Å². The van der Waals surface area contributed by atoms with Crippen molar-refractivity contribution in [2.24, 2.45) is 0 Å². The number of amides is 1. The number of furan rings is 1. The van der Waals surface area contributed by atoms with E-state index in [9.17, 15) is 4.79 Å². The van der Waals surface area contributed by atoms with Crippen molar-refractivity contribution in [3.8, 4) is 11.3 Å². The molecule has 1 aliphatic heterocycles. The molecule has 1 unspecified atom stereocenters. The molecule has 0 radical (unpaired) electrons. The molecular formula is C24H27N3O3. The van der Waals surface area contributed by atoms with Crippen LogP contribution in [-0.2, 0) is 12.8 Å². The molecule has 3 aromatic rings. The molecule has 2 aliphatic rings. The van der Waals surface area contributed by atoms with E-state index in [0.717, 1.165) is 37.3 Å². The molecule has 1 atom stereocenters. The summed E-state index contributed by atoms with van der Waals surface area (Å²) < 4.78 is 11.1. The topological polar surface area (TPSA) is 71.5 Å². The summed E-state index contributed by atoms with van der Waals surface area (Å²) in [5, 5.41) is 7.03. The number of nitrogens with one attached hydrogen (secondary N) is 1. The molecule has 1 N–H and O–H groups in total. The molecule has 1 saturated heterocycles. The molecule has 3 heterocycles. The summed E-state index contributed by atoms with van der Waals surface area (Å²) in [6.07, 6.45) is 8.78. The molecule has 6 nitrogen and oxygen atoms in total. The summed E-state index contributed by atoms with van der Waals surface area (Å²) in [5.41, 5.74) is 4.09. The highest BCUT2D eigenvalue weighted by Gasteiger charge is 2.26. The molecule has 30 heavy (non-hydrogen) atoms. The number of aryl methyl sites for hydroxylation is 2. The Morgan fingerprint density at radius 1 is 1.07 bits per heavy atom. The van der Waals surface area contributed by atoms with E-state index >= 15 is 0 Å². The Morgan fingerprint density at radius 2 is 1.90 bits per heavy atom. The monoisotopic (exact) mass is 405 g/mol. The third-order valence-corrected chi connectivity index (χ3v) is 6.28. The number of carbonyl (C=O) groups excluding carboxylic acids is 1. The third-order valence-electron chi connectivity index (χ3n) is 6.28. The van der Waals surface area contributed by atoms with E-state index in [1.54, 1.807) is 12.3 Å². The van der Waals surface area contributed by atoms with Gasteiger partial charge in [0.2, 0.25) is 0 Å². The second kappa shape index (κ2) is 8.48. The molecule has 156 valence electrons. The Kier molecular flexibility index (Phi) is 5.41. The summed E-state index contributed by atoms with van der Waals surface area (Å²) in [4.78, 5) is 15.1. The number of nitrogens with zero attached hydrogens (tertiary/aromatic N) is 2. The number of fused-ring (bicyclic) bond motifs is 1. The van der Waals surface area contributed by atoms with Crippen LogP contribution < -0.4 is 5.32 Å². The number of benzene rings is 1. The second-order valence-corrected chi connectivity index (χ2v) is 8.25. The van der Waals surface area contributed by atoms with Crippen LogP contribution >= 0.6 is 0 Å². The molecule has 6 heteroatoms. The highest BCUT2D eigenvalue weighted by molar-refractivity contribution is 5.93. The first-order valence-electron chi connectivity index (χ1n) is 10.9. The third kappa shape index (κ3) is 3.92. The van der Waals surface area contributed by atoms with Crippen LogP contribution in [0.5, 0.6) is 0 Å². The predicted octanol–water partition coefficient (Wildman–Crippen LogP) is 4.38. The number of rotatable bonds is 6. The first kappa shape index (κ1) is 19.1. The van der Waals surface area contributed by atoms with Gasteiger partial charge < -0.3 is 14.3 Å². The largest absolute Gasteiger partial charge is 0.468 e. The molecule has 1 aromatic carbocycles. The van der Waals surface area contributed by atoms with Crippen LogP contribution in [0.25, 0.3) is 11.3 Å². The standard InChI is InChI=1S/C24H27N3O3/c28-24(25-16-21(22-8-5-13-29-22)27-11-3-4-12-27)20-15-23(30-26-20)19-10-9-17-6-1-2-7-18(17)14-19/h5,8-10,13-15,21H,1-4,6-7,11-12,16H2,(H,25,28). The van der Waals surface area contributed by atoms with Gasteiger partial charge in [0.15, 0.2) is 11.5 Å². The van der Waals surface area contributed by atoms with Gasteiger partial charge in [-0.25, -0.2) is 0 Å². The fraction of sp³-hybridized carbons (Fsp3) is 0.417.